The second-order valence-corrected chi connectivity index (χ2v) is 4.66. The number of aromatic amines is 1. The molecule has 0 aliphatic rings. The number of aromatic nitrogens is 5. The van der Waals surface area contributed by atoms with E-state index in [4.69, 9.17) is 18.1 Å². The van der Waals surface area contributed by atoms with E-state index in [1.165, 1.54) is 4.68 Å². The summed E-state index contributed by atoms with van der Waals surface area (Å²) in [5, 5.41) is 6.84. The zero-order valence-electron chi connectivity index (χ0n) is 10.5. The molecule has 0 unspecified atom stereocenters. The monoisotopic (exact) mass is 274 g/mol. The quantitative estimate of drug-likeness (QED) is 0.562. The lowest BCUT2D eigenvalue weighted by molar-refractivity contribution is 0.691. The summed E-state index contributed by atoms with van der Waals surface area (Å²) in [6.07, 6.45) is 0.852. The van der Waals surface area contributed by atoms with Gasteiger partial charge in [0.25, 0.3) is 0 Å². The van der Waals surface area contributed by atoms with E-state index >= 15 is 0 Å². The third-order valence-corrected chi connectivity index (χ3v) is 3.41. The van der Waals surface area contributed by atoms with Gasteiger partial charge in [-0.25, -0.2) is 9.66 Å². The molecule has 19 heavy (non-hydrogen) atoms. The topological polar surface area (TPSA) is 77.5 Å². The molecule has 98 valence electrons. The van der Waals surface area contributed by atoms with E-state index < -0.39 is 0 Å². The van der Waals surface area contributed by atoms with E-state index in [1.54, 1.807) is 0 Å². The maximum absolute atomic E-state index is 5.84. The van der Waals surface area contributed by atoms with Crippen LogP contribution in [0.25, 0.3) is 11.0 Å². The van der Waals surface area contributed by atoms with Crippen LogP contribution in [-0.4, -0.2) is 24.4 Å². The first-order chi connectivity index (χ1) is 9.20. The van der Waals surface area contributed by atoms with Crippen LogP contribution in [-0.2, 0) is 13.0 Å². The standard InChI is InChI=1S/C12H14N6S/c1-2-10-14-8-5-3-4-6-9(8)17(10)7-11-15-16-12(19)18(11)13/h3-6H,2,7,13H2,1H3,(H,16,19). The third-order valence-electron chi connectivity index (χ3n) is 3.13. The second-order valence-electron chi connectivity index (χ2n) is 4.27. The van der Waals surface area contributed by atoms with Crippen molar-refractivity contribution in [3.8, 4) is 0 Å². The predicted molar refractivity (Wildman–Crippen MR) is 75.8 cm³/mol. The van der Waals surface area contributed by atoms with E-state index in [9.17, 15) is 0 Å². The summed E-state index contributed by atoms with van der Waals surface area (Å²) in [5.41, 5.74) is 2.06. The van der Waals surface area contributed by atoms with Gasteiger partial charge in [-0.15, -0.1) is 0 Å². The Morgan fingerprint density at radius 3 is 2.79 bits per heavy atom. The number of fused-ring (bicyclic) bond motifs is 1. The Balaban J connectivity index is 2.14. The Morgan fingerprint density at radius 2 is 2.11 bits per heavy atom. The summed E-state index contributed by atoms with van der Waals surface area (Å²) in [7, 11) is 0. The van der Waals surface area contributed by atoms with Gasteiger partial charge >= 0.3 is 0 Å². The highest BCUT2D eigenvalue weighted by Gasteiger charge is 2.12. The predicted octanol–water partition coefficient (Wildman–Crippen LogP) is 1.61. The largest absolute Gasteiger partial charge is 0.335 e. The van der Waals surface area contributed by atoms with Gasteiger partial charge in [-0.05, 0) is 24.4 Å². The number of nitrogen functional groups attached to an aromatic ring is 1. The number of hydrogen-bond acceptors (Lipinski definition) is 4. The molecule has 2 aromatic heterocycles. The van der Waals surface area contributed by atoms with E-state index in [2.05, 4.69) is 26.7 Å². The van der Waals surface area contributed by atoms with E-state index in [-0.39, 0.29) is 0 Å². The van der Waals surface area contributed by atoms with Gasteiger partial charge in [-0.1, -0.05) is 19.1 Å². The average molecular weight is 274 g/mol. The average Bonchev–Trinajstić information content (AvgIpc) is 2.94. The number of benzene rings is 1. The summed E-state index contributed by atoms with van der Waals surface area (Å²) < 4.78 is 3.92. The van der Waals surface area contributed by atoms with E-state index in [1.807, 2.05) is 24.3 Å². The maximum atomic E-state index is 5.84. The molecular weight excluding hydrogens is 260 g/mol. The lowest BCUT2D eigenvalue weighted by Crippen LogP contribution is -2.16. The normalized spacial score (nSPS) is 11.2. The molecule has 2 heterocycles. The van der Waals surface area contributed by atoms with Crippen LogP contribution in [0.2, 0.25) is 0 Å². The molecule has 0 fully saturated rings. The van der Waals surface area contributed by atoms with Crippen LogP contribution >= 0.6 is 12.2 Å². The zero-order valence-corrected chi connectivity index (χ0v) is 11.3. The third kappa shape index (κ3) is 1.91. The highest BCUT2D eigenvalue weighted by Crippen LogP contribution is 2.17. The summed E-state index contributed by atoms with van der Waals surface area (Å²) in [4.78, 5) is 4.61. The van der Waals surface area contributed by atoms with Gasteiger partial charge in [0.15, 0.2) is 5.82 Å². The molecule has 7 heteroatoms. The number of imidazole rings is 1. The fourth-order valence-electron chi connectivity index (χ4n) is 2.16. The summed E-state index contributed by atoms with van der Waals surface area (Å²) in [6.45, 7) is 2.63. The number of rotatable bonds is 3. The Hall–Kier alpha value is -2.15. The first kappa shape index (κ1) is 11.9. The van der Waals surface area contributed by atoms with E-state index in [0.29, 0.717) is 17.1 Å². The van der Waals surface area contributed by atoms with Crippen molar-refractivity contribution >= 4 is 23.3 Å². The smallest absolute Gasteiger partial charge is 0.214 e. The Morgan fingerprint density at radius 1 is 1.32 bits per heavy atom. The Labute approximate surface area is 114 Å². The molecule has 0 bridgehead atoms. The minimum absolute atomic E-state index is 0.414. The summed E-state index contributed by atoms with van der Waals surface area (Å²) in [5.74, 6) is 7.53. The summed E-state index contributed by atoms with van der Waals surface area (Å²) >= 11 is 5.02. The second kappa shape index (κ2) is 4.51. The van der Waals surface area contributed by atoms with Crippen molar-refractivity contribution in [3.05, 3.63) is 40.7 Å². The number of para-hydroxylation sites is 2. The summed E-state index contributed by atoms with van der Waals surface area (Å²) in [6, 6.07) is 8.03. The number of nitrogens with one attached hydrogen (secondary N) is 1. The molecule has 3 rings (SSSR count). The Bertz CT molecular complexity index is 781. The molecule has 1 aromatic carbocycles. The lowest BCUT2D eigenvalue weighted by Gasteiger charge is -2.07. The van der Waals surface area contributed by atoms with Crippen LogP contribution in [0.1, 0.15) is 18.6 Å². The van der Waals surface area contributed by atoms with Crippen molar-refractivity contribution in [2.24, 2.45) is 0 Å². The van der Waals surface area contributed by atoms with Crippen LogP contribution in [0.15, 0.2) is 24.3 Å². The zero-order chi connectivity index (χ0) is 13.4. The first-order valence-corrected chi connectivity index (χ1v) is 6.47. The van der Waals surface area contributed by atoms with Gasteiger partial charge in [0.05, 0.1) is 17.6 Å². The molecule has 6 nitrogen and oxygen atoms in total. The molecule has 0 saturated heterocycles. The molecule has 3 aromatic rings. The van der Waals surface area contributed by atoms with Gasteiger partial charge in [-0.3, -0.25) is 5.10 Å². The van der Waals surface area contributed by atoms with Gasteiger partial charge in [-0.2, -0.15) is 5.10 Å². The number of nitrogens with two attached hydrogens (primary N) is 1. The van der Waals surface area contributed by atoms with Gasteiger partial charge in [0, 0.05) is 6.42 Å². The Kier molecular flexibility index (Phi) is 2.83. The van der Waals surface area contributed by atoms with Crippen molar-refractivity contribution in [2.45, 2.75) is 19.9 Å². The SMILES string of the molecule is CCc1nc2ccccc2n1Cc1n[nH]c(=S)n1N. The van der Waals surface area contributed by atoms with Crippen molar-refractivity contribution in [2.75, 3.05) is 5.84 Å². The van der Waals surface area contributed by atoms with E-state index in [0.717, 1.165) is 23.3 Å². The maximum Gasteiger partial charge on any atom is 0.214 e. The highest BCUT2D eigenvalue weighted by atomic mass is 32.1. The number of nitrogens with zero attached hydrogens (tertiary/aromatic N) is 4. The van der Waals surface area contributed by atoms with Crippen LogP contribution in [0, 0.1) is 4.77 Å². The fraction of sp³-hybridized carbons (Fsp3) is 0.250. The molecule has 0 saturated carbocycles. The van der Waals surface area contributed by atoms with Crippen molar-refractivity contribution in [1.29, 1.82) is 0 Å². The number of H-pyrrole nitrogens is 1. The molecule has 0 aliphatic carbocycles. The minimum Gasteiger partial charge on any atom is -0.335 e. The molecule has 0 spiro atoms. The molecule has 0 aliphatic heterocycles. The number of aryl methyl sites for hydroxylation is 1. The first-order valence-electron chi connectivity index (χ1n) is 6.06. The molecule has 0 amide bonds. The number of hydrogen-bond donors (Lipinski definition) is 2. The van der Waals surface area contributed by atoms with Crippen LogP contribution in [0.4, 0.5) is 0 Å². The molecule has 0 radical (unpaired) electrons. The van der Waals surface area contributed by atoms with Crippen molar-refractivity contribution in [3.63, 3.8) is 0 Å². The highest BCUT2D eigenvalue weighted by molar-refractivity contribution is 7.71. The molecular formula is C12H14N6S. The van der Waals surface area contributed by atoms with Gasteiger partial charge in [0.1, 0.15) is 5.82 Å². The van der Waals surface area contributed by atoms with Crippen molar-refractivity contribution < 1.29 is 0 Å². The molecule has 0 atom stereocenters. The molecule has 3 N–H and O–H groups in total. The van der Waals surface area contributed by atoms with Crippen LogP contribution < -0.4 is 5.84 Å². The van der Waals surface area contributed by atoms with Gasteiger partial charge in [0.2, 0.25) is 4.77 Å². The minimum atomic E-state index is 0.414. The lowest BCUT2D eigenvalue weighted by atomic mass is 10.3. The van der Waals surface area contributed by atoms with Crippen molar-refractivity contribution in [1.82, 2.24) is 24.4 Å². The fourth-order valence-corrected chi connectivity index (χ4v) is 2.31. The van der Waals surface area contributed by atoms with Crippen LogP contribution in [0.3, 0.4) is 0 Å². The van der Waals surface area contributed by atoms with Gasteiger partial charge < -0.3 is 10.4 Å². The van der Waals surface area contributed by atoms with Crippen LogP contribution in [0.5, 0.6) is 0 Å².